The molecule has 0 aliphatic carbocycles. The summed E-state index contributed by atoms with van der Waals surface area (Å²) in [4.78, 5) is 30.0. The van der Waals surface area contributed by atoms with Crippen molar-refractivity contribution in [2.45, 2.75) is 13.8 Å². The van der Waals surface area contributed by atoms with Gasteiger partial charge in [-0.3, -0.25) is 5.84 Å². The van der Waals surface area contributed by atoms with Crippen molar-refractivity contribution in [2.75, 3.05) is 5.43 Å². The maximum absolute atomic E-state index is 10.2. The molecule has 6 N–H and O–H groups in total. The fourth-order valence-corrected chi connectivity index (χ4v) is 1.90. The van der Waals surface area contributed by atoms with Crippen molar-refractivity contribution in [3.8, 4) is 0 Å². The number of aliphatic carboxylic acids is 1. The Morgan fingerprint density at radius 2 is 1.06 bits per heavy atom. The first kappa shape index (κ1) is 28.6. The summed E-state index contributed by atoms with van der Waals surface area (Å²) in [6.07, 6.45) is 0. The van der Waals surface area contributed by atoms with Gasteiger partial charge in [-0.25, -0.2) is 14.4 Å². The van der Waals surface area contributed by atoms with Crippen molar-refractivity contribution in [3.63, 3.8) is 0 Å². The van der Waals surface area contributed by atoms with E-state index in [9.17, 15) is 14.4 Å². The van der Waals surface area contributed by atoms with Crippen LogP contribution in [0.25, 0.3) is 0 Å². The van der Waals surface area contributed by atoms with E-state index in [0.717, 1.165) is 5.69 Å². The predicted molar refractivity (Wildman–Crippen MR) is 128 cm³/mol. The average molecular weight is 453 g/mol. The highest BCUT2D eigenvalue weighted by Crippen LogP contribution is 2.10. The molecule has 0 bridgehead atoms. The minimum atomic E-state index is -0.935. The number of carbonyl (C=O) groups is 3. The molecule has 0 aliphatic rings. The zero-order valence-electron chi connectivity index (χ0n) is 18.4. The maximum atomic E-state index is 10.2. The molecule has 0 amide bonds. The third-order valence-corrected chi connectivity index (χ3v) is 3.71. The minimum absolute atomic E-state index is 0.176. The summed E-state index contributed by atoms with van der Waals surface area (Å²) < 4.78 is 0. The van der Waals surface area contributed by atoms with E-state index in [1.54, 1.807) is 60.7 Å². The molecular formula is C25H28N2O6. The number of hydrogen-bond donors (Lipinski definition) is 5. The van der Waals surface area contributed by atoms with Gasteiger partial charge in [0.15, 0.2) is 0 Å². The molecule has 3 aromatic carbocycles. The van der Waals surface area contributed by atoms with Gasteiger partial charge in [0.25, 0.3) is 0 Å². The number of nitrogen functional groups attached to an aromatic ring is 1. The van der Waals surface area contributed by atoms with Gasteiger partial charge >= 0.3 is 17.9 Å². The molecule has 0 aromatic heterocycles. The molecule has 8 heteroatoms. The average Bonchev–Trinajstić information content (AvgIpc) is 2.81. The highest BCUT2D eigenvalue weighted by atomic mass is 16.4. The molecular weight excluding hydrogens is 424 g/mol. The topological polar surface area (TPSA) is 150 Å². The monoisotopic (exact) mass is 452 g/mol. The van der Waals surface area contributed by atoms with E-state index in [4.69, 9.17) is 21.2 Å². The summed E-state index contributed by atoms with van der Waals surface area (Å²) in [6.45, 7) is 6.61. The van der Waals surface area contributed by atoms with Gasteiger partial charge in [-0.1, -0.05) is 61.2 Å². The van der Waals surface area contributed by atoms with Gasteiger partial charge in [0.2, 0.25) is 0 Å². The zero-order chi connectivity index (χ0) is 25.2. The van der Waals surface area contributed by atoms with Crippen LogP contribution in [0.3, 0.4) is 0 Å². The van der Waals surface area contributed by atoms with E-state index in [1.165, 1.54) is 12.5 Å². The lowest BCUT2D eigenvalue weighted by Gasteiger charge is -2.01. The lowest BCUT2D eigenvalue weighted by atomic mass is 10.2. The molecule has 0 atom stereocenters. The van der Waals surface area contributed by atoms with Crippen molar-refractivity contribution < 1.29 is 29.7 Å². The molecule has 0 saturated heterocycles. The number of carboxylic acids is 3. The van der Waals surface area contributed by atoms with E-state index >= 15 is 0 Å². The fourth-order valence-electron chi connectivity index (χ4n) is 1.90. The van der Waals surface area contributed by atoms with Crippen LogP contribution < -0.4 is 11.3 Å². The molecule has 0 unspecified atom stereocenters. The van der Waals surface area contributed by atoms with Crippen LogP contribution in [-0.2, 0) is 4.79 Å². The number of para-hydroxylation sites is 1. The second kappa shape index (κ2) is 16.3. The number of anilines is 1. The summed E-state index contributed by atoms with van der Waals surface area (Å²) in [5, 5.41) is 24.7. The molecule has 0 radical (unpaired) electrons. The van der Waals surface area contributed by atoms with Crippen LogP contribution in [0.4, 0.5) is 5.69 Å². The second-order valence-corrected chi connectivity index (χ2v) is 6.39. The Hall–Kier alpha value is -4.43. The highest BCUT2D eigenvalue weighted by Gasteiger charge is 1.97. The molecule has 8 nitrogen and oxygen atoms in total. The van der Waals surface area contributed by atoms with E-state index in [0.29, 0.717) is 11.1 Å². The van der Waals surface area contributed by atoms with Gasteiger partial charge in [-0.2, -0.15) is 0 Å². The van der Waals surface area contributed by atoms with Crippen molar-refractivity contribution in [2.24, 2.45) is 5.84 Å². The van der Waals surface area contributed by atoms with Gasteiger partial charge in [-0.05, 0) is 49.7 Å². The van der Waals surface area contributed by atoms with E-state index in [2.05, 4.69) is 12.0 Å². The summed E-state index contributed by atoms with van der Waals surface area (Å²) in [5.41, 5.74) is 5.58. The van der Waals surface area contributed by atoms with Crippen molar-refractivity contribution in [1.29, 1.82) is 0 Å². The number of nitrogens with one attached hydrogen (secondary N) is 1. The van der Waals surface area contributed by atoms with Crippen LogP contribution in [0.15, 0.2) is 97.1 Å². The number of rotatable bonds is 4. The minimum Gasteiger partial charge on any atom is -0.478 e. The second-order valence-electron chi connectivity index (χ2n) is 6.39. The molecule has 3 rings (SSSR count). The van der Waals surface area contributed by atoms with Gasteiger partial charge in [0.05, 0.1) is 16.8 Å². The van der Waals surface area contributed by atoms with Gasteiger partial charge in [0, 0.05) is 5.57 Å². The Kier molecular flexibility index (Phi) is 14.1. The summed E-state index contributed by atoms with van der Waals surface area (Å²) >= 11 is 0. The quantitative estimate of drug-likeness (QED) is 0.217. The van der Waals surface area contributed by atoms with Gasteiger partial charge < -0.3 is 20.7 Å². The Bertz CT molecular complexity index is 960. The molecule has 3 aromatic rings. The SMILES string of the molecule is C=C(C)C(=O)O.Cc1ccccc1NN.O=C(O)c1ccccc1.O=C(O)c1ccccc1. The number of hydrogen-bond acceptors (Lipinski definition) is 5. The Morgan fingerprint density at radius 1 is 0.727 bits per heavy atom. The summed E-state index contributed by atoms with van der Waals surface area (Å²) in [6, 6.07) is 24.5. The largest absolute Gasteiger partial charge is 0.478 e. The first-order valence-corrected chi connectivity index (χ1v) is 9.57. The number of hydrazine groups is 1. The van der Waals surface area contributed by atoms with Crippen LogP contribution in [0.1, 0.15) is 33.2 Å². The Labute approximate surface area is 192 Å². The molecule has 0 spiro atoms. The predicted octanol–water partition coefficient (Wildman–Crippen LogP) is 4.70. The number of aryl methyl sites for hydroxylation is 1. The van der Waals surface area contributed by atoms with Crippen LogP contribution in [0.2, 0.25) is 0 Å². The molecule has 0 saturated carbocycles. The normalized spacial score (nSPS) is 8.70. The van der Waals surface area contributed by atoms with Gasteiger partial charge in [0.1, 0.15) is 0 Å². The third-order valence-electron chi connectivity index (χ3n) is 3.71. The summed E-state index contributed by atoms with van der Waals surface area (Å²) in [5.74, 6) is 2.51. The molecule has 0 fully saturated rings. The number of carboxylic acid groups (broad SMARTS) is 3. The smallest absolute Gasteiger partial charge is 0.335 e. The van der Waals surface area contributed by atoms with Crippen LogP contribution in [-0.4, -0.2) is 33.2 Å². The Balaban J connectivity index is 0.000000419. The van der Waals surface area contributed by atoms with Crippen LogP contribution >= 0.6 is 0 Å². The third kappa shape index (κ3) is 13.5. The van der Waals surface area contributed by atoms with Gasteiger partial charge in [-0.15, -0.1) is 0 Å². The zero-order valence-corrected chi connectivity index (χ0v) is 18.4. The molecule has 174 valence electrons. The standard InChI is InChI=1S/C7H10N2.2C7H6O2.C4H6O2/c1-6-4-2-3-5-7(6)9-8;2*8-7(9)6-4-2-1-3-5-6;1-3(2)4(5)6/h2-5,9H,8H2,1H3;2*1-5H,(H,8,9);1H2,2H3,(H,5,6). The Morgan fingerprint density at radius 3 is 1.27 bits per heavy atom. The first-order chi connectivity index (χ1) is 15.6. The van der Waals surface area contributed by atoms with E-state index in [1.807, 2.05) is 31.2 Å². The van der Waals surface area contributed by atoms with Crippen LogP contribution in [0.5, 0.6) is 0 Å². The van der Waals surface area contributed by atoms with Crippen molar-refractivity contribution in [3.05, 3.63) is 114 Å². The number of benzene rings is 3. The first-order valence-electron chi connectivity index (χ1n) is 9.57. The van der Waals surface area contributed by atoms with E-state index in [-0.39, 0.29) is 5.57 Å². The van der Waals surface area contributed by atoms with E-state index < -0.39 is 17.9 Å². The number of aromatic carboxylic acids is 2. The molecule has 33 heavy (non-hydrogen) atoms. The fraction of sp³-hybridized carbons (Fsp3) is 0.0800. The lowest BCUT2D eigenvalue weighted by Crippen LogP contribution is -2.07. The molecule has 0 heterocycles. The van der Waals surface area contributed by atoms with Crippen molar-refractivity contribution in [1.82, 2.24) is 0 Å². The van der Waals surface area contributed by atoms with Crippen LogP contribution in [0, 0.1) is 6.92 Å². The summed E-state index contributed by atoms with van der Waals surface area (Å²) in [7, 11) is 0. The maximum Gasteiger partial charge on any atom is 0.335 e. The van der Waals surface area contributed by atoms with Crippen molar-refractivity contribution >= 4 is 23.6 Å². The highest BCUT2D eigenvalue weighted by molar-refractivity contribution is 5.87. The molecule has 0 aliphatic heterocycles. The number of nitrogens with two attached hydrogens (primary N) is 1. The lowest BCUT2D eigenvalue weighted by molar-refractivity contribution is -0.132.